The summed E-state index contributed by atoms with van der Waals surface area (Å²) >= 11 is 0. The first-order valence-corrected chi connectivity index (χ1v) is 7.61. The normalized spacial score (nSPS) is 15.7. The van der Waals surface area contributed by atoms with Crippen LogP contribution in [0.5, 0.6) is 11.5 Å². The van der Waals surface area contributed by atoms with Crippen LogP contribution >= 0.6 is 0 Å². The number of fused-ring (bicyclic) bond motifs is 1. The molecule has 1 aromatic heterocycles. The Labute approximate surface area is 134 Å². The standard InChI is InChI=1S/C17H19N3O3/c21-17(19-10-8-13-5-3-4-9-18-13)20-11-14-12-22-15-6-1-2-7-16(15)23-14/h1-7,9,14H,8,10-12H2,(H2,19,20,21)/t14-/m1/s1. The van der Waals surface area contributed by atoms with Crippen LogP contribution in [0, 0.1) is 0 Å². The average Bonchev–Trinajstić information content (AvgIpc) is 2.61. The van der Waals surface area contributed by atoms with E-state index in [1.54, 1.807) is 6.20 Å². The predicted molar refractivity (Wildman–Crippen MR) is 85.7 cm³/mol. The number of carbonyl (C=O) groups is 1. The van der Waals surface area contributed by atoms with Crippen molar-refractivity contribution < 1.29 is 14.3 Å². The van der Waals surface area contributed by atoms with Crippen LogP contribution < -0.4 is 20.1 Å². The van der Waals surface area contributed by atoms with Crippen molar-refractivity contribution in [1.82, 2.24) is 15.6 Å². The quantitative estimate of drug-likeness (QED) is 0.882. The van der Waals surface area contributed by atoms with E-state index in [-0.39, 0.29) is 12.1 Å². The average molecular weight is 313 g/mol. The van der Waals surface area contributed by atoms with E-state index < -0.39 is 0 Å². The third-order valence-corrected chi connectivity index (χ3v) is 3.45. The summed E-state index contributed by atoms with van der Waals surface area (Å²) < 4.78 is 11.4. The van der Waals surface area contributed by atoms with Crippen LogP contribution in [0.15, 0.2) is 48.7 Å². The van der Waals surface area contributed by atoms with Gasteiger partial charge in [0.2, 0.25) is 0 Å². The molecule has 0 radical (unpaired) electrons. The molecule has 0 saturated carbocycles. The van der Waals surface area contributed by atoms with Crippen LogP contribution in [-0.2, 0) is 6.42 Å². The largest absolute Gasteiger partial charge is 0.486 e. The first kappa shape index (κ1) is 15.1. The van der Waals surface area contributed by atoms with Crippen molar-refractivity contribution in [2.24, 2.45) is 0 Å². The fourth-order valence-electron chi connectivity index (χ4n) is 2.28. The molecule has 3 rings (SSSR count). The topological polar surface area (TPSA) is 72.5 Å². The van der Waals surface area contributed by atoms with Gasteiger partial charge in [-0.05, 0) is 24.3 Å². The highest BCUT2D eigenvalue weighted by Crippen LogP contribution is 2.30. The highest BCUT2D eigenvalue weighted by Gasteiger charge is 2.20. The van der Waals surface area contributed by atoms with Gasteiger partial charge in [0.1, 0.15) is 6.61 Å². The molecule has 2 N–H and O–H groups in total. The van der Waals surface area contributed by atoms with Crippen LogP contribution in [0.1, 0.15) is 5.69 Å². The molecule has 6 heteroatoms. The van der Waals surface area contributed by atoms with Gasteiger partial charge in [-0.15, -0.1) is 0 Å². The maximum Gasteiger partial charge on any atom is 0.314 e. The Morgan fingerprint density at radius 3 is 2.78 bits per heavy atom. The monoisotopic (exact) mass is 313 g/mol. The highest BCUT2D eigenvalue weighted by molar-refractivity contribution is 5.73. The molecule has 0 unspecified atom stereocenters. The Bertz CT molecular complexity index is 649. The number of ether oxygens (including phenoxy) is 2. The van der Waals surface area contributed by atoms with Gasteiger partial charge in [-0.25, -0.2) is 4.79 Å². The van der Waals surface area contributed by atoms with Gasteiger partial charge in [-0.3, -0.25) is 4.98 Å². The lowest BCUT2D eigenvalue weighted by atomic mass is 10.2. The van der Waals surface area contributed by atoms with Crippen molar-refractivity contribution >= 4 is 6.03 Å². The van der Waals surface area contributed by atoms with E-state index in [9.17, 15) is 4.79 Å². The summed E-state index contributed by atoms with van der Waals surface area (Å²) in [7, 11) is 0. The molecule has 0 saturated heterocycles. The molecule has 0 bridgehead atoms. The third kappa shape index (κ3) is 4.35. The van der Waals surface area contributed by atoms with Gasteiger partial charge in [-0.2, -0.15) is 0 Å². The molecule has 2 aromatic rings. The smallest absolute Gasteiger partial charge is 0.314 e. The van der Waals surface area contributed by atoms with Gasteiger partial charge >= 0.3 is 6.03 Å². The minimum Gasteiger partial charge on any atom is -0.486 e. The van der Waals surface area contributed by atoms with Gasteiger partial charge in [0.15, 0.2) is 17.6 Å². The number of urea groups is 1. The second-order valence-electron chi connectivity index (χ2n) is 5.21. The van der Waals surface area contributed by atoms with E-state index in [1.165, 1.54) is 0 Å². The van der Waals surface area contributed by atoms with Gasteiger partial charge in [0.05, 0.1) is 6.54 Å². The molecule has 0 aliphatic carbocycles. The zero-order valence-corrected chi connectivity index (χ0v) is 12.7. The Morgan fingerprint density at radius 2 is 1.96 bits per heavy atom. The number of amides is 2. The van der Waals surface area contributed by atoms with Crippen LogP contribution in [0.2, 0.25) is 0 Å². The molecule has 1 atom stereocenters. The summed E-state index contributed by atoms with van der Waals surface area (Å²) in [5.74, 6) is 1.45. The number of hydrogen-bond acceptors (Lipinski definition) is 4. The highest BCUT2D eigenvalue weighted by atomic mass is 16.6. The van der Waals surface area contributed by atoms with E-state index in [1.807, 2.05) is 42.5 Å². The molecule has 6 nitrogen and oxygen atoms in total. The Kier molecular flexibility index (Phi) is 4.93. The number of para-hydroxylation sites is 2. The summed E-state index contributed by atoms with van der Waals surface area (Å²) in [6.45, 7) is 1.35. The van der Waals surface area contributed by atoms with Crippen molar-refractivity contribution in [2.75, 3.05) is 19.7 Å². The lowest BCUT2D eigenvalue weighted by Crippen LogP contribution is -2.44. The number of hydrogen-bond donors (Lipinski definition) is 2. The Hall–Kier alpha value is -2.76. The lowest BCUT2D eigenvalue weighted by Gasteiger charge is -2.26. The van der Waals surface area contributed by atoms with E-state index in [0.29, 0.717) is 31.9 Å². The Balaban J connectivity index is 1.37. The van der Waals surface area contributed by atoms with Crippen molar-refractivity contribution in [3.05, 3.63) is 54.4 Å². The molecule has 0 fully saturated rings. The van der Waals surface area contributed by atoms with Gasteiger partial charge in [0, 0.05) is 24.9 Å². The van der Waals surface area contributed by atoms with Crippen LogP contribution in [0.3, 0.4) is 0 Å². The molecule has 1 aliphatic heterocycles. The minimum atomic E-state index is -0.219. The number of pyridine rings is 1. The van der Waals surface area contributed by atoms with Gasteiger partial charge < -0.3 is 20.1 Å². The first-order chi connectivity index (χ1) is 11.3. The van der Waals surface area contributed by atoms with Gasteiger partial charge in [0.25, 0.3) is 0 Å². The fraction of sp³-hybridized carbons (Fsp3) is 0.294. The van der Waals surface area contributed by atoms with E-state index >= 15 is 0 Å². The van der Waals surface area contributed by atoms with Crippen molar-refractivity contribution in [2.45, 2.75) is 12.5 Å². The van der Waals surface area contributed by atoms with E-state index in [0.717, 1.165) is 11.4 Å². The molecule has 120 valence electrons. The molecule has 1 aromatic carbocycles. The van der Waals surface area contributed by atoms with E-state index in [2.05, 4.69) is 15.6 Å². The second kappa shape index (κ2) is 7.49. The summed E-state index contributed by atoms with van der Waals surface area (Å²) in [5, 5.41) is 5.60. The second-order valence-corrected chi connectivity index (χ2v) is 5.21. The predicted octanol–water partition coefficient (Wildman–Crippen LogP) is 1.76. The van der Waals surface area contributed by atoms with Crippen LogP contribution in [-0.4, -0.2) is 36.8 Å². The number of aromatic nitrogens is 1. The van der Waals surface area contributed by atoms with Crippen molar-refractivity contribution in [3.63, 3.8) is 0 Å². The van der Waals surface area contributed by atoms with Gasteiger partial charge in [-0.1, -0.05) is 18.2 Å². The number of benzene rings is 1. The number of nitrogens with zero attached hydrogens (tertiary/aromatic N) is 1. The summed E-state index contributed by atoms with van der Waals surface area (Å²) in [4.78, 5) is 16.0. The Morgan fingerprint density at radius 1 is 1.13 bits per heavy atom. The molecule has 0 spiro atoms. The maximum atomic E-state index is 11.8. The van der Waals surface area contributed by atoms with Crippen LogP contribution in [0.25, 0.3) is 0 Å². The zero-order chi connectivity index (χ0) is 15.9. The number of nitrogens with one attached hydrogen (secondary N) is 2. The summed E-state index contributed by atoms with van der Waals surface area (Å²) in [5.41, 5.74) is 0.952. The van der Waals surface area contributed by atoms with Crippen molar-refractivity contribution in [1.29, 1.82) is 0 Å². The summed E-state index contributed by atoms with van der Waals surface area (Å²) in [6.07, 6.45) is 2.25. The number of rotatable bonds is 5. The molecular formula is C17H19N3O3. The maximum absolute atomic E-state index is 11.8. The molecule has 1 aliphatic rings. The fourth-order valence-corrected chi connectivity index (χ4v) is 2.28. The SMILES string of the molecule is O=C(NCCc1ccccn1)NC[C@@H]1COc2ccccc2O1. The first-order valence-electron chi connectivity index (χ1n) is 7.61. The molecular weight excluding hydrogens is 294 g/mol. The van der Waals surface area contributed by atoms with E-state index in [4.69, 9.17) is 9.47 Å². The third-order valence-electron chi connectivity index (χ3n) is 3.45. The van der Waals surface area contributed by atoms with Crippen LogP contribution in [0.4, 0.5) is 4.79 Å². The summed E-state index contributed by atoms with van der Waals surface area (Å²) in [6, 6.07) is 13.0. The van der Waals surface area contributed by atoms with Crippen molar-refractivity contribution in [3.8, 4) is 11.5 Å². The molecule has 2 amide bonds. The molecule has 23 heavy (non-hydrogen) atoms. The zero-order valence-electron chi connectivity index (χ0n) is 12.7. The minimum absolute atomic E-state index is 0.188. The molecule has 2 heterocycles. The lowest BCUT2D eigenvalue weighted by molar-refractivity contribution is 0.0918. The number of carbonyl (C=O) groups excluding carboxylic acids is 1.